The fourth-order valence-corrected chi connectivity index (χ4v) is 1.94. The molecular weight excluding hydrogens is 284 g/mol. The first kappa shape index (κ1) is 15.4. The van der Waals surface area contributed by atoms with Crippen molar-refractivity contribution < 1.29 is 19.4 Å². The zero-order valence-corrected chi connectivity index (χ0v) is 12.0. The van der Waals surface area contributed by atoms with Crippen molar-refractivity contribution in [3.63, 3.8) is 0 Å². The van der Waals surface area contributed by atoms with Gasteiger partial charge in [-0.05, 0) is 29.8 Å². The summed E-state index contributed by atoms with van der Waals surface area (Å²) in [4.78, 5) is 23.2. The van der Waals surface area contributed by atoms with E-state index in [0.717, 1.165) is 5.56 Å². The first-order chi connectivity index (χ1) is 10.5. The summed E-state index contributed by atoms with van der Waals surface area (Å²) < 4.78 is 4.96. The number of hydrogen-bond acceptors (Lipinski definition) is 4. The number of primary amides is 1. The van der Waals surface area contributed by atoms with Gasteiger partial charge in [-0.1, -0.05) is 12.1 Å². The molecule has 0 aliphatic carbocycles. The lowest BCUT2D eigenvalue weighted by Gasteiger charge is -2.09. The van der Waals surface area contributed by atoms with Gasteiger partial charge in [-0.25, -0.2) is 0 Å². The van der Waals surface area contributed by atoms with Crippen LogP contribution in [0.15, 0.2) is 42.5 Å². The van der Waals surface area contributed by atoms with Gasteiger partial charge in [0.2, 0.25) is 5.91 Å². The number of hydrogen-bond donors (Lipinski definition) is 3. The van der Waals surface area contributed by atoms with E-state index in [-0.39, 0.29) is 17.9 Å². The Balaban J connectivity index is 2.07. The van der Waals surface area contributed by atoms with E-state index >= 15 is 0 Å². The number of nitrogens with one attached hydrogen (secondary N) is 1. The minimum Gasteiger partial charge on any atom is -0.507 e. The van der Waals surface area contributed by atoms with Crippen molar-refractivity contribution in [1.29, 1.82) is 0 Å². The van der Waals surface area contributed by atoms with Gasteiger partial charge in [-0.3, -0.25) is 9.59 Å². The summed E-state index contributed by atoms with van der Waals surface area (Å²) in [6.45, 7) is 0.214. The second kappa shape index (κ2) is 6.62. The first-order valence-electron chi connectivity index (χ1n) is 6.55. The molecule has 0 unspecified atom stereocenters. The summed E-state index contributed by atoms with van der Waals surface area (Å²) in [6, 6.07) is 11.1. The highest BCUT2D eigenvalue weighted by Crippen LogP contribution is 2.23. The number of rotatable bonds is 5. The van der Waals surface area contributed by atoms with Crippen LogP contribution in [0.25, 0.3) is 0 Å². The summed E-state index contributed by atoms with van der Waals surface area (Å²) in [5, 5.41) is 12.5. The molecular formula is C16H16N2O4. The second-order valence-electron chi connectivity index (χ2n) is 4.63. The molecule has 2 rings (SSSR count). The van der Waals surface area contributed by atoms with Crippen LogP contribution < -0.4 is 15.8 Å². The maximum Gasteiger partial charge on any atom is 0.255 e. The number of amides is 2. The van der Waals surface area contributed by atoms with E-state index in [1.165, 1.54) is 19.2 Å². The molecule has 0 aliphatic heterocycles. The van der Waals surface area contributed by atoms with Gasteiger partial charge in [0.15, 0.2) is 0 Å². The highest BCUT2D eigenvalue weighted by atomic mass is 16.5. The van der Waals surface area contributed by atoms with Crippen molar-refractivity contribution >= 4 is 11.8 Å². The SMILES string of the molecule is COc1ccc(C(=O)NCc2cccc(C(N)=O)c2)c(O)c1. The number of methoxy groups -OCH3 is 1. The van der Waals surface area contributed by atoms with Crippen LogP contribution in [0.2, 0.25) is 0 Å². The molecule has 0 fully saturated rings. The summed E-state index contributed by atoms with van der Waals surface area (Å²) in [6.07, 6.45) is 0. The monoisotopic (exact) mass is 300 g/mol. The fraction of sp³-hybridized carbons (Fsp3) is 0.125. The lowest BCUT2D eigenvalue weighted by atomic mass is 10.1. The zero-order chi connectivity index (χ0) is 16.1. The minimum absolute atomic E-state index is 0.145. The Morgan fingerprint density at radius 2 is 2.00 bits per heavy atom. The molecule has 4 N–H and O–H groups in total. The number of phenols is 1. The molecule has 0 aliphatic rings. The average molecular weight is 300 g/mol. The molecule has 2 amide bonds. The topological polar surface area (TPSA) is 102 Å². The Morgan fingerprint density at radius 1 is 1.23 bits per heavy atom. The van der Waals surface area contributed by atoms with Crippen LogP contribution >= 0.6 is 0 Å². The molecule has 0 saturated carbocycles. The Hall–Kier alpha value is -3.02. The Kier molecular flexibility index (Phi) is 4.63. The lowest BCUT2D eigenvalue weighted by Crippen LogP contribution is -2.23. The first-order valence-corrected chi connectivity index (χ1v) is 6.55. The average Bonchev–Trinajstić information content (AvgIpc) is 2.52. The minimum atomic E-state index is -0.527. The smallest absolute Gasteiger partial charge is 0.255 e. The largest absolute Gasteiger partial charge is 0.507 e. The zero-order valence-electron chi connectivity index (χ0n) is 12.0. The Bertz CT molecular complexity index is 713. The van der Waals surface area contributed by atoms with E-state index in [4.69, 9.17) is 10.5 Å². The molecule has 22 heavy (non-hydrogen) atoms. The number of benzene rings is 2. The fourth-order valence-electron chi connectivity index (χ4n) is 1.94. The maximum atomic E-state index is 12.1. The summed E-state index contributed by atoms with van der Waals surface area (Å²) in [7, 11) is 1.47. The molecule has 6 nitrogen and oxygen atoms in total. The molecule has 0 saturated heterocycles. The van der Waals surface area contributed by atoms with Crippen LogP contribution in [0, 0.1) is 0 Å². The van der Waals surface area contributed by atoms with E-state index < -0.39 is 11.8 Å². The number of carbonyl (C=O) groups excluding carboxylic acids is 2. The number of ether oxygens (including phenoxy) is 1. The molecule has 0 heterocycles. The van der Waals surface area contributed by atoms with Gasteiger partial charge in [0.25, 0.3) is 5.91 Å². The van der Waals surface area contributed by atoms with Crippen LogP contribution in [-0.2, 0) is 6.54 Å². The Labute approximate surface area is 127 Å². The van der Waals surface area contributed by atoms with E-state index in [9.17, 15) is 14.7 Å². The van der Waals surface area contributed by atoms with Gasteiger partial charge in [0, 0.05) is 18.2 Å². The number of phenolic OH excluding ortho intramolecular Hbond substituents is 1. The molecule has 2 aromatic rings. The van der Waals surface area contributed by atoms with E-state index in [1.807, 2.05) is 0 Å². The second-order valence-corrected chi connectivity index (χ2v) is 4.63. The predicted molar refractivity (Wildman–Crippen MR) is 80.8 cm³/mol. The third kappa shape index (κ3) is 3.54. The van der Waals surface area contributed by atoms with Crippen LogP contribution in [0.1, 0.15) is 26.3 Å². The number of aromatic hydroxyl groups is 1. The number of nitrogens with two attached hydrogens (primary N) is 1. The summed E-state index contributed by atoms with van der Waals surface area (Å²) >= 11 is 0. The van der Waals surface area contributed by atoms with Gasteiger partial charge < -0.3 is 20.9 Å². The summed E-state index contributed by atoms with van der Waals surface area (Å²) in [5.74, 6) is -0.656. The molecule has 0 radical (unpaired) electrons. The van der Waals surface area contributed by atoms with E-state index in [1.54, 1.807) is 30.3 Å². The third-order valence-corrected chi connectivity index (χ3v) is 3.11. The van der Waals surface area contributed by atoms with Crippen molar-refractivity contribution in [1.82, 2.24) is 5.32 Å². The molecule has 2 aromatic carbocycles. The van der Waals surface area contributed by atoms with Gasteiger partial charge in [-0.2, -0.15) is 0 Å². The van der Waals surface area contributed by atoms with Crippen molar-refractivity contribution in [2.45, 2.75) is 6.54 Å². The van der Waals surface area contributed by atoms with Crippen LogP contribution in [0.3, 0.4) is 0 Å². The number of carbonyl (C=O) groups is 2. The molecule has 0 aromatic heterocycles. The van der Waals surface area contributed by atoms with Crippen LogP contribution in [-0.4, -0.2) is 24.0 Å². The molecule has 0 spiro atoms. The van der Waals surface area contributed by atoms with E-state index in [2.05, 4.69) is 5.32 Å². The van der Waals surface area contributed by atoms with Gasteiger partial charge in [0.05, 0.1) is 12.7 Å². The third-order valence-electron chi connectivity index (χ3n) is 3.11. The normalized spacial score (nSPS) is 10.0. The van der Waals surface area contributed by atoms with Gasteiger partial charge in [0.1, 0.15) is 11.5 Å². The van der Waals surface area contributed by atoms with Crippen molar-refractivity contribution in [3.05, 3.63) is 59.2 Å². The van der Waals surface area contributed by atoms with Crippen molar-refractivity contribution in [2.75, 3.05) is 7.11 Å². The van der Waals surface area contributed by atoms with Gasteiger partial charge >= 0.3 is 0 Å². The highest BCUT2D eigenvalue weighted by Gasteiger charge is 2.12. The molecule has 6 heteroatoms. The Morgan fingerprint density at radius 3 is 2.64 bits per heavy atom. The molecule has 114 valence electrons. The molecule has 0 atom stereocenters. The van der Waals surface area contributed by atoms with Gasteiger partial charge in [-0.15, -0.1) is 0 Å². The standard InChI is InChI=1S/C16H16N2O4/c1-22-12-5-6-13(14(19)8-12)16(21)18-9-10-3-2-4-11(7-10)15(17)20/h2-8,19H,9H2,1H3,(H2,17,20)(H,18,21). The molecule has 0 bridgehead atoms. The maximum absolute atomic E-state index is 12.1. The predicted octanol–water partition coefficient (Wildman–Crippen LogP) is 1.43. The van der Waals surface area contributed by atoms with E-state index in [0.29, 0.717) is 11.3 Å². The van der Waals surface area contributed by atoms with Crippen LogP contribution in [0.5, 0.6) is 11.5 Å². The van der Waals surface area contributed by atoms with Crippen LogP contribution in [0.4, 0.5) is 0 Å². The van der Waals surface area contributed by atoms with Crippen molar-refractivity contribution in [3.8, 4) is 11.5 Å². The highest BCUT2D eigenvalue weighted by molar-refractivity contribution is 5.97. The lowest BCUT2D eigenvalue weighted by molar-refractivity contribution is 0.0947. The quantitative estimate of drug-likeness (QED) is 0.777. The summed E-state index contributed by atoms with van der Waals surface area (Å²) in [5.41, 5.74) is 6.46. The van der Waals surface area contributed by atoms with Crippen molar-refractivity contribution in [2.24, 2.45) is 5.73 Å².